The first kappa shape index (κ1) is 37.8. The van der Waals surface area contributed by atoms with Gasteiger partial charge in [0.25, 0.3) is 5.09 Å². The van der Waals surface area contributed by atoms with Crippen LogP contribution in [0, 0.1) is 19.8 Å². The summed E-state index contributed by atoms with van der Waals surface area (Å²) in [5, 5.41) is 9.49. The molecule has 4 aromatic rings. The number of unbranched alkanes of at least 4 members (excludes halogenated alkanes) is 1. The average Bonchev–Trinajstić information content (AvgIpc) is 3.64. The standard InChI is InChI=1S/C36H32FNO9S4/c1-22-29(17-23-5-12-27(13-6-23)51(2)43)28-14-9-25(37)18-31(28)30(22)19-34(39)47-32(21-44-15-3-4-16-45-38(41)42)36(40)46-26-10-7-24(8-11-26)33-20-35(48)50-49-33/h5-14,17-18,20,32H,3-4,15-16,19,21H2,1-2H3/b29-17-. The topological polar surface area (TPSA) is 131 Å². The first-order valence-electron chi connectivity index (χ1n) is 15.6. The third kappa shape index (κ3) is 10.3. The number of nitrogens with zero attached hydrogens (tertiary/aromatic N) is 1. The third-order valence-electron chi connectivity index (χ3n) is 7.80. The molecule has 0 radical (unpaired) electrons. The molecule has 51 heavy (non-hydrogen) atoms. The molecule has 2 unspecified atom stereocenters. The quantitative estimate of drug-likeness (QED) is 0.0209. The van der Waals surface area contributed by atoms with E-state index in [1.165, 1.54) is 32.8 Å². The van der Waals surface area contributed by atoms with Crippen LogP contribution in [0.3, 0.4) is 0 Å². The minimum absolute atomic E-state index is 0.107. The lowest BCUT2D eigenvalue weighted by atomic mass is 10.0. The van der Waals surface area contributed by atoms with Crippen LogP contribution in [0.15, 0.2) is 83.3 Å². The number of hydrogen-bond acceptors (Lipinski definition) is 12. The Morgan fingerprint density at radius 1 is 1.00 bits per heavy atom. The number of carbonyl (C=O) groups excluding carboxylic acids is 2. The van der Waals surface area contributed by atoms with Gasteiger partial charge in [-0.3, -0.25) is 9.00 Å². The van der Waals surface area contributed by atoms with Crippen LogP contribution in [0.2, 0.25) is 0 Å². The zero-order valence-electron chi connectivity index (χ0n) is 27.5. The Labute approximate surface area is 308 Å². The highest BCUT2D eigenvalue weighted by Gasteiger charge is 2.30. The smallest absolute Gasteiger partial charge is 0.355 e. The molecule has 1 aliphatic carbocycles. The van der Waals surface area contributed by atoms with Crippen molar-refractivity contribution in [3.8, 4) is 16.2 Å². The molecule has 0 amide bonds. The molecular weight excluding hydrogens is 738 g/mol. The molecule has 0 aliphatic heterocycles. The summed E-state index contributed by atoms with van der Waals surface area (Å²) in [5.41, 5.74) is 5.06. The Morgan fingerprint density at radius 3 is 2.39 bits per heavy atom. The second-order valence-corrected chi connectivity index (χ2v) is 15.6. The zero-order valence-corrected chi connectivity index (χ0v) is 30.7. The molecule has 10 nitrogen and oxygen atoms in total. The molecule has 0 spiro atoms. The van der Waals surface area contributed by atoms with Crippen LogP contribution in [0.4, 0.5) is 4.39 Å². The lowest BCUT2D eigenvalue weighted by Crippen LogP contribution is -2.35. The number of halogens is 1. The summed E-state index contributed by atoms with van der Waals surface area (Å²) in [6.45, 7) is 1.51. The summed E-state index contributed by atoms with van der Waals surface area (Å²) in [6, 6.07) is 20.3. The zero-order chi connectivity index (χ0) is 36.5. The second-order valence-electron chi connectivity index (χ2n) is 11.3. The Hall–Kier alpha value is -4.41. The van der Waals surface area contributed by atoms with Crippen LogP contribution >= 0.6 is 32.9 Å². The summed E-state index contributed by atoms with van der Waals surface area (Å²) in [4.78, 5) is 43.1. The molecule has 3 aromatic carbocycles. The number of fused-ring (bicyclic) bond motifs is 1. The van der Waals surface area contributed by atoms with Crippen molar-refractivity contribution in [3.05, 3.63) is 115 Å². The highest BCUT2D eigenvalue weighted by atomic mass is 32.9. The van der Waals surface area contributed by atoms with Crippen molar-refractivity contribution in [1.82, 2.24) is 0 Å². The van der Waals surface area contributed by atoms with Gasteiger partial charge in [-0.1, -0.05) is 51.1 Å². The summed E-state index contributed by atoms with van der Waals surface area (Å²) in [7, 11) is 1.90. The maximum Gasteiger partial charge on any atom is 0.355 e. The maximum atomic E-state index is 14.5. The highest BCUT2D eigenvalue weighted by molar-refractivity contribution is 7.84. The van der Waals surface area contributed by atoms with E-state index in [0.717, 1.165) is 36.5 Å². The molecule has 0 saturated carbocycles. The van der Waals surface area contributed by atoms with E-state index >= 15 is 0 Å². The molecule has 1 aromatic heterocycles. The average molecular weight is 770 g/mol. The van der Waals surface area contributed by atoms with E-state index in [9.17, 15) is 28.3 Å². The molecule has 5 rings (SSSR count). The molecule has 2 atom stereocenters. The van der Waals surface area contributed by atoms with E-state index in [0.29, 0.717) is 28.9 Å². The van der Waals surface area contributed by atoms with E-state index in [1.807, 2.05) is 31.2 Å². The maximum absolute atomic E-state index is 14.5. The van der Waals surface area contributed by atoms with Crippen molar-refractivity contribution in [2.75, 3.05) is 26.1 Å². The van der Waals surface area contributed by atoms with Gasteiger partial charge in [0.1, 0.15) is 15.4 Å². The predicted molar refractivity (Wildman–Crippen MR) is 197 cm³/mol. The second kappa shape index (κ2) is 17.7. The van der Waals surface area contributed by atoms with Crippen LogP contribution in [0.25, 0.3) is 27.7 Å². The number of esters is 2. The van der Waals surface area contributed by atoms with Crippen LogP contribution in [0.1, 0.15) is 42.9 Å². The van der Waals surface area contributed by atoms with Crippen molar-refractivity contribution in [1.29, 1.82) is 0 Å². The number of benzene rings is 3. The first-order valence-corrected chi connectivity index (χ1v) is 19.7. The normalized spacial score (nSPS) is 14.2. The van der Waals surface area contributed by atoms with Crippen LogP contribution < -0.4 is 4.74 Å². The van der Waals surface area contributed by atoms with Gasteiger partial charge in [-0.25, -0.2) is 9.18 Å². The molecule has 0 saturated heterocycles. The van der Waals surface area contributed by atoms with Gasteiger partial charge in [-0.05, 0) is 119 Å². The van der Waals surface area contributed by atoms with Gasteiger partial charge in [0, 0.05) is 33.4 Å². The lowest BCUT2D eigenvalue weighted by Gasteiger charge is -2.18. The van der Waals surface area contributed by atoms with Crippen LogP contribution in [-0.4, -0.2) is 53.4 Å². The van der Waals surface area contributed by atoms with Gasteiger partial charge in [0.05, 0.1) is 19.6 Å². The van der Waals surface area contributed by atoms with E-state index in [4.69, 9.17) is 26.4 Å². The third-order valence-corrected chi connectivity index (χ3v) is 11.6. The summed E-state index contributed by atoms with van der Waals surface area (Å²) < 4.78 is 43.9. The van der Waals surface area contributed by atoms with Crippen LogP contribution in [0.5, 0.6) is 5.75 Å². The van der Waals surface area contributed by atoms with Gasteiger partial charge >= 0.3 is 11.9 Å². The molecule has 0 bridgehead atoms. The van der Waals surface area contributed by atoms with Gasteiger partial charge in [-0.15, -0.1) is 10.1 Å². The molecule has 266 valence electrons. The van der Waals surface area contributed by atoms with Gasteiger partial charge in [0.2, 0.25) is 6.10 Å². The SMILES string of the molecule is CC1=C(CC(=O)OC(COCCCCO[N+](=O)[O-])C(=O)Oc2ccc(-c3cc(=S)ss3)cc2)c2cc(F)ccc2/C1=C\c1ccc(S(C)=O)cc1. The minimum atomic E-state index is -1.44. The Morgan fingerprint density at radius 2 is 1.73 bits per heavy atom. The van der Waals surface area contributed by atoms with E-state index < -0.39 is 39.7 Å². The van der Waals surface area contributed by atoms with Crippen molar-refractivity contribution in [3.63, 3.8) is 0 Å². The molecule has 15 heteroatoms. The molecule has 0 fully saturated rings. The highest BCUT2D eigenvalue weighted by Crippen LogP contribution is 2.44. The van der Waals surface area contributed by atoms with Crippen molar-refractivity contribution >= 4 is 72.9 Å². The predicted octanol–water partition coefficient (Wildman–Crippen LogP) is 8.32. The van der Waals surface area contributed by atoms with E-state index in [2.05, 4.69) is 4.84 Å². The number of ether oxygens (including phenoxy) is 3. The van der Waals surface area contributed by atoms with Gasteiger partial charge in [-0.2, -0.15) is 0 Å². The molecular formula is C36H32FNO9S4. The van der Waals surface area contributed by atoms with Crippen molar-refractivity contribution in [2.24, 2.45) is 0 Å². The van der Waals surface area contributed by atoms with Crippen molar-refractivity contribution < 1.29 is 42.3 Å². The largest absolute Gasteiger partial charge is 0.448 e. The van der Waals surface area contributed by atoms with Crippen LogP contribution in [-0.2, 0) is 34.7 Å². The van der Waals surface area contributed by atoms with Gasteiger partial charge in [0.15, 0.2) is 0 Å². The summed E-state index contributed by atoms with van der Waals surface area (Å²) in [6.07, 6.45) is 2.53. The summed E-state index contributed by atoms with van der Waals surface area (Å²) >= 11 is 5.22. The first-order chi connectivity index (χ1) is 24.5. The Bertz CT molecular complexity index is 2050. The fourth-order valence-electron chi connectivity index (χ4n) is 5.28. The number of allylic oxidation sites excluding steroid dienone is 2. The van der Waals surface area contributed by atoms with Crippen molar-refractivity contribution in [2.45, 2.75) is 37.2 Å². The molecule has 1 aliphatic rings. The van der Waals surface area contributed by atoms with Gasteiger partial charge < -0.3 is 19.0 Å². The summed E-state index contributed by atoms with van der Waals surface area (Å²) in [5.74, 6) is -1.86. The van der Waals surface area contributed by atoms with E-state index in [-0.39, 0.29) is 32.0 Å². The lowest BCUT2D eigenvalue weighted by molar-refractivity contribution is -0.757. The molecule has 1 heterocycles. The Balaban J connectivity index is 1.31. The molecule has 0 N–H and O–H groups in total. The van der Waals surface area contributed by atoms with E-state index in [1.54, 1.807) is 48.7 Å². The number of hydrogen-bond donors (Lipinski definition) is 0. The Kier molecular flexibility index (Phi) is 13.1. The monoisotopic (exact) mass is 769 g/mol. The minimum Gasteiger partial charge on any atom is -0.448 e. The fourth-order valence-corrected chi connectivity index (χ4v) is 8.20. The number of carbonyl (C=O) groups is 2. The fraction of sp³-hybridized carbons (Fsp3) is 0.250. The number of rotatable bonds is 16.